The first-order chi connectivity index (χ1) is 7.65. The summed E-state index contributed by atoms with van der Waals surface area (Å²) >= 11 is 0. The molecule has 0 radical (unpaired) electrons. The second-order valence-corrected chi connectivity index (χ2v) is 5.93. The molecule has 90 valence electrons. The van der Waals surface area contributed by atoms with Crippen molar-refractivity contribution in [2.45, 2.75) is 44.1 Å². The molecule has 2 amide bonds. The Morgan fingerprint density at radius 2 is 1.69 bits per heavy atom. The Kier molecular flexibility index (Phi) is 2.35. The van der Waals surface area contributed by atoms with Crippen LogP contribution in [0.5, 0.6) is 0 Å². The summed E-state index contributed by atoms with van der Waals surface area (Å²) in [6.45, 7) is 0.279. The fourth-order valence-corrected chi connectivity index (χ4v) is 4.47. The maximum absolute atomic E-state index is 10.6. The highest BCUT2D eigenvalue weighted by atomic mass is 16.5. The first-order valence-corrected chi connectivity index (χ1v) is 6.32. The van der Waals surface area contributed by atoms with E-state index >= 15 is 0 Å². The van der Waals surface area contributed by atoms with E-state index in [9.17, 15) is 4.79 Å². The van der Waals surface area contributed by atoms with Crippen LogP contribution in [0.1, 0.15) is 38.5 Å². The minimum Gasteiger partial charge on any atom is -0.355 e. The van der Waals surface area contributed by atoms with Crippen LogP contribution in [0, 0.1) is 17.8 Å². The SMILES string of the molecule is NC(=O)NCOC12CC3CC(CC(C3)C1)C2. The van der Waals surface area contributed by atoms with Crippen LogP contribution in [-0.2, 0) is 4.74 Å². The fraction of sp³-hybridized carbons (Fsp3) is 0.917. The van der Waals surface area contributed by atoms with Crippen molar-refractivity contribution in [1.29, 1.82) is 0 Å². The number of rotatable bonds is 3. The number of ether oxygens (including phenoxy) is 1. The Labute approximate surface area is 95.9 Å². The molecule has 0 aromatic carbocycles. The molecule has 3 N–H and O–H groups in total. The molecule has 0 aromatic rings. The highest BCUT2D eigenvalue weighted by Crippen LogP contribution is 2.56. The average Bonchev–Trinajstić information content (AvgIpc) is 2.13. The Bertz CT molecular complexity index is 268. The van der Waals surface area contributed by atoms with Gasteiger partial charge in [-0.3, -0.25) is 0 Å². The van der Waals surface area contributed by atoms with Crippen molar-refractivity contribution in [3.63, 3.8) is 0 Å². The van der Waals surface area contributed by atoms with E-state index in [-0.39, 0.29) is 12.3 Å². The van der Waals surface area contributed by atoms with Gasteiger partial charge in [-0.05, 0) is 56.3 Å². The molecule has 4 bridgehead atoms. The maximum atomic E-state index is 10.6. The van der Waals surface area contributed by atoms with Crippen molar-refractivity contribution in [3.8, 4) is 0 Å². The molecule has 4 heteroatoms. The van der Waals surface area contributed by atoms with E-state index in [1.165, 1.54) is 38.5 Å². The zero-order valence-corrected chi connectivity index (χ0v) is 9.58. The standard InChI is InChI=1S/C12H20N2O2/c13-11(15)14-7-16-12-4-8-1-9(5-12)3-10(2-8)6-12/h8-10H,1-7H2,(H3,13,14,15). The third kappa shape index (κ3) is 1.79. The molecule has 16 heavy (non-hydrogen) atoms. The van der Waals surface area contributed by atoms with Gasteiger partial charge >= 0.3 is 6.03 Å². The first-order valence-electron chi connectivity index (χ1n) is 6.32. The lowest BCUT2D eigenvalue weighted by atomic mass is 9.54. The van der Waals surface area contributed by atoms with Gasteiger partial charge in [0, 0.05) is 0 Å². The lowest BCUT2D eigenvalue weighted by molar-refractivity contribution is -0.164. The van der Waals surface area contributed by atoms with Crippen LogP contribution in [0.4, 0.5) is 4.79 Å². The van der Waals surface area contributed by atoms with Crippen LogP contribution in [-0.4, -0.2) is 18.4 Å². The molecule has 4 rings (SSSR count). The zero-order valence-electron chi connectivity index (χ0n) is 9.58. The minimum absolute atomic E-state index is 0.0667. The topological polar surface area (TPSA) is 64.4 Å². The van der Waals surface area contributed by atoms with Gasteiger partial charge in [0.15, 0.2) is 0 Å². The van der Waals surface area contributed by atoms with Crippen molar-refractivity contribution >= 4 is 6.03 Å². The van der Waals surface area contributed by atoms with E-state index < -0.39 is 6.03 Å². The summed E-state index contributed by atoms with van der Waals surface area (Å²) in [5.41, 5.74) is 5.11. The second-order valence-electron chi connectivity index (χ2n) is 5.93. The summed E-state index contributed by atoms with van der Waals surface area (Å²) in [4.78, 5) is 10.6. The van der Waals surface area contributed by atoms with Crippen LogP contribution in [0.25, 0.3) is 0 Å². The first kappa shape index (κ1) is 10.4. The van der Waals surface area contributed by atoms with E-state index in [0.29, 0.717) is 0 Å². The number of primary amides is 1. The molecule has 0 spiro atoms. The Morgan fingerprint density at radius 3 is 2.12 bits per heavy atom. The van der Waals surface area contributed by atoms with Crippen LogP contribution in [0.2, 0.25) is 0 Å². The number of nitrogens with one attached hydrogen (secondary N) is 1. The average molecular weight is 224 g/mol. The predicted octanol–water partition coefficient (Wildman–Crippen LogP) is 1.60. The molecule has 0 saturated heterocycles. The highest BCUT2D eigenvalue weighted by molar-refractivity contribution is 5.71. The van der Waals surface area contributed by atoms with Crippen molar-refractivity contribution in [2.75, 3.05) is 6.73 Å². The number of carbonyl (C=O) groups is 1. The van der Waals surface area contributed by atoms with E-state index in [0.717, 1.165) is 17.8 Å². The lowest BCUT2D eigenvalue weighted by Gasteiger charge is -2.56. The highest BCUT2D eigenvalue weighted by Gasteiger charge is 2.51. The Morgan fingerprint density at radius 1 is 1.19 bits per heavy atom. The van der Waals surface area contributed by atoms with Gasteiger partial charge in [0.2, 0.25) is 0 Å². The van der Waals surface area contributed by atoms with Gasteiger partial charge in [-0.2, -0.15) is 0 Å². The number of carbonyl (C=O) groups excluding carboxylic acids is 1. The number of nitrogens with two attached hydrogens (primary N) is 1. The van der Waals surface area contributed by atoms with Gasteiger partial charge in [-0.25, -0.2) is 4.79 Å². The van der Waals surface area contributed by atoms with E-state index in [1.54, 1.807) is 0 Å². The summed E-state index contributed by atoms with van der Waals surface area (Å²) in [5.74, 6) is 2.62. The molecule has 4 fully saturated rings. The molecule has 4 nitrogen and oxygen atoms in total. The third-order valence-electron chi connectivity index (χ3n) is 4.61. The molecule has 0 aromatic heterocycles. The number of hydrogen-bond donors (Lipinski definition) is 2. The fourth-order valence-electron chi connectivity index (χ4n) is 4.47. The van der Waals surface area contributed by atoms with E-state index in [2.05, 4.69) is 5.32 Å². The van der Waals surface area contributed by atoms with Crippen LogP contribution >= 0.6 is 0 Å². The lowest BCUT2D eigenvalue weighted by Crippen LogP contribution is -2.53. The van der Waals surface area contributed by atoms with Crippen molar-refractivity contribution < 1.29 is 9.53 Å². The van der Waals surface area contributed by atoms with E-state index in [1.807, 2.05) is 0 Å². The normalized spacial score (nSPS) is 44.6. The monoisotopic (exact) mass is 224 g/mol. The van der Waals surface area contributed by atoms with Crippen molar-refractivity contribution in [1.82, 2.24) is 5.32 Å². The number of hydrogen-bond acceptors (Lipinski definition) is 2. The molecule has 4 aliphatic rings. The molecule has 0 heterocycles. The van der Waals surface area contributed by atoms with Gasteiger partial charge < -0.3 is 15.8 Å². The second kappa shape index (κ2) is 3.62. The van der Waals surface area contributed by atoms with Gasteiger partial charge in [0.1, 0.15) is 6.73 Å². The molecule has 0 unspecified atom stereocenters. The maximum Gasteiger partial charge on any atom is 0.313 e. The summed E-state index contributed by atoms with van der Waals surface area (Å²) in [7, 11) is 0. The molecule has 0 aliphatic heterocycles. The predicted molar refractivity (Wildman–Crippen MR) is 59.6 cm³/mol. The van der Waals surface area contributed by atoms with Gasteiger partial charge in [-0.15, -0.1) is 0 Å². The number of urea groups is 1. The van der Waals surface area contributed by atoms with Gasteiger partial charge in [-0.1, -0.05) is 0 Å². The molecule has 0 atom stereocenters. The van der Waals surface area contributed by atoms with Gasteiger partial charge in [0.05, 0.1) is 5.60 Å². The summed E-state index contributed by atoms with van der Waals surface area (Å²) < 4.78 is 5.94. The Hall–Kier alpha value is -0.770. The van der Waals surface area contributed by atoms with E-state index in [4.69, 9.17) is 10.5 Å². The molecule has 4 saturated carbocycles. The molecular weight excluding hydrogens is 204 g/mol. The summed E-state index contributed by atoms with van der Waals surface area (Å²) in [6, 6.07) is -0.496. The van der Waals surface area contributed by atoms with Crippen molar-refractivity contribution in [2.24, 2.45) is 23.5 Å². The van der Waals surface area contributed by atoms with Gasteiger partial charge in [0.25, 0.3) is 0 Å². The largest absolute Gasteiger partial charge is 0.355 e. The summed E-state index contributed by atoms with van der Waals surface area (Å²) in [6.07, 6.45) is 7.81. The minimum atomic E-state index is -0.496. The molecule has 4 aliphatic carbocycles. The van der Waals surface area contributed by atoms with Crippen LogP contribution in [0.15, 0.2) is 0 Å². The summed E-state index contributed by atoms with van der Waals surface area (Å²) in [5, 5.41) is 2.54. The zero-order chi connectivity index (χ0) is 11.2. The third-order valence-corrected chi connectivity index (χ3v) is 4.61. The quantitative estimate of drug-likeness (QED) is 0.715. The smallest absolute Gasteiger partial charge is 0.313 e. The Balaban J connectivity index is 1.62. The number of amides is 2. The van der Waals surface area contributed by atoms with Crippen LogP contribution in [0.3, 0.4) is 0 Å². The van der Waals surface area contributed by atoms with Crippen molar-refractivity contribution in [3.05, 3.63) is 0 Å². The van der Waals surface area contributed by atoms with Crippen LogP contribution < -0.4 is 11.1 Å². The molecular formula is C12H20N2O2.